The lowest BCUT2D eigenvalue weighted by molar-refractivity contribution is 0.244. The van der Waals surface area contributed by atoms with Crippen LogP contribution in [0.2, 0.25) is 0 Å². The molecule has 0 saturated heterocycles. The molecule has 0 aliphatic heterocycles. The van der Waals surface area contributed by atoms with Gasteiger partial charge < -0.3 is 0 Å². The van der Waals surface area contributed by atoms with Crippen LogP contribution in [-0.2, 0) is 0 Å². The molecule has 0 aliphatic carbocycles. The van der Waals surface area contributed by atoms with Crippen LogP contribution in [0.1, 0.15) is 66.2 Å². The van der Waals surface area contributed by atoms with Crippen LogP contribution in [0.15, 0.2) is 24.3 Å². The average Bonchev–Trinajstić information content (AvgIpc) is 2.16. The van der Waals surface area contributed by atoms with Crippen LogP contribution in [-0.4, -0.2) is 0 Å². The first-order valence-corrected chi connectivity index (χ1v) is 6.36. The predicted octanol–water partition coefficient (Wildman–Crippen LogP) is 5.51. The molecule has 0 heteroatoms. The van der Waals surface area contributed by atoms with Gasteiger partial charge in [0.25, 0.3) is 0 Å². The molecule has 0 aromatic heterocycles. The Kier molecular flexibility index (Phi) is 7.46. The van der Waals surface area contributed by atoms with Gasteiger partial charge in [0.15, 0.2) is 0 Å². The molecule has 0 atom stereocenters. The van der Waals surface area contributed by atoms with E-state index in [-0.39, 0.29) is 0 Å². The second-order valence-electron chi connectivity index (χ2n) is 5.06. The van der Waals surface area contributed by atoms with E-state index in [0.29, 0.717) is 5.41 Å². The molecule has 0 heterocycles. The molecule has 0 unspecified atom stereocenters. The van der Waals surface area contributed by atoms with E-state index in [9.17, 15) is 0 Å². The fraction of sp³-hybridized carbons (Fsp3) is 0.733. The van der Waals surface area contributed by atoms with Gasteiger partial charge in [0, 0.05) is 0 Å². The summed E-state index contributed by atoms with van der Waals surface area (Å²) in [5.41, 5.74) is 2.02. The van der Waals surface area contributed by atoms with Crippen LogP contribution in [0, 0.1) is 5.41 Å². The monoisotopic (exact) mass is 208 g/mol. The summed E-state index contributed by atoms with van der Waals surface area (Å²) < 4.78 is 0. The molecule has 0 rings (SSSR count). The fourth-order valence-electron chi connectivity index (χ4n) is 2.37. The zero-order valence-corrected chi connectivity index (χ0v) is 11.1. The van der Waals surface area contributed by atoms with E-state index < -0.39 is 0 Å². The minimum Gasteiger partial charge on any atom is -0.0991 e. The summed E-state index contributed by atoms with van der Waals surface area (Å²) in [5.74, 6) is 0. The van der Waals surface area contributed by atoms with Crippen LogP contribution < -0.4 is 0 Å². The second kappa shape index (κ2) is 7.73. The first kappa shape index (κ1) is 14.5. The van der Waals surface area contributed by atoms with Gasteiger partial charge in [0.2, 0.25) is 0 Å². The van der Waals surface area contributed by atoms with Gasteiger partial charge in [-0.15, -0.1) is 0 Å². The zero-order chi connectivity index (χ0) is 11.7. The van der Waals surface area contributed by atoms with E-state index in [1.54, 1.807) is 0 Å². The summed E-state index contributed by atoms with van der Waals surface area (Å²) >= 11 is 0. The maximum atomic E-state index is 3.74. The highest BCUT2D eigenvalue weighted by Crippen LogP contribution is 2.35. The summed E-state index contributed by atoms with van der Waals surface area (Å²) in [5, 5.41) is 0. The molecule has 15 heavy (non-hydrogen) atoms. The van der Waals surface area contributed by atoms with Crippen LogP contribution in [0.5, 0.6) is 0 Å². The minimum atomic E-state index is 0.555. The molecule has 0 saturated carbocycles. The van der Waals surface area contributed by atoms with Crippen molar-refractivity contribution in [3.63, 3.8) is 0 Å². The molecule has 0 bridgehead atoms. The molecule has 0 spiro atoms. The Labute approximate surface area is 96.5 Å². The van der Waals surface area contributed by atoms with E-state index >= 15 is 0 Å². The van der Waals surface area contributed by atoms with E-state index in [0.717, 1.165) is 0 Å². The van der Waals surface area contributed by atoms with Crippen molar-refractivity contribution in [3.8, 4) is 0 Å². The van der Waals surface area contributed by atoms with Crippen molar-refractivity contribution in [2.45, 2.75) is 66.2 Å². The van der Waals surface area contributed by atoms with Crippen LogP contribution >= 0.6 is 0 Å². The van der Waals surface area contributed by atoms with Gasteiger partial charge in [-0.3, -0.25) is 0 Å². The number of rotatable bonds is 8. The third kappa shape index (κ3) is 6.54. The van der Waals surface area contributed by atoms with Crippen molar-refractivity contribution >= 4 is 0 Å². The van der Waals surface area contributed by atoms with Crippen LogP contribution in [0.4, 0.5) is 0 Å². The number of hydrogen-bond acceptors (Lipinski definition) is 0. The quantitative estimate of drug-likeness (QED) is 0.462. The maximum Gasteiger partial charge on any atom is -0.0315 e. The topological polar surface area (TPSA) is 0 Å². The van der Waals surface area contributed by atoms with Gasteiger partial charge in [-0.05, 0) is 38.0 Å². The van der Waals surface area contributed by atoms with Crippen LogP contribution in [0.3, 0.4) is 0 Å². The third-order valence-corrected chi connectivity index (χ3v) is 3.23. The van der Waals surface area contributed by atoms with E-state index in [2.05, 4.69) is 40.3 Å². The van der Waals surface area contributed by atoms with Crippen molar-refractivity contribution < 1.29 is 0 Å². The predicted molar refractivity (Wildman–Crippen MR) is 71.1 cm³/mol. The van der Waals surface area contributed by atoms with Crippen molar-refractivity contribution in [3.05, 3.63) is 24.3 Å². The summed E-state index contributed by atoms with van der Waals surface area (Å²) in [4.78, 5) is 0. The van der Waals surface area contributed by atoms with Gasteiger partial charge in [-0.25, -0.2) is 0 Å². The first-order chi connectivity index (χ1) is 7.08. The third-order valence-electron chi connectivity index (χ3n) is 3.23. The van der Waals surface area contributed by atoms with Gasteiger partial charge >= 0.3 is 0 Å². The summed E-state index contributed by atoms with van der Waals surface area (Å²) in [7, 11) is 0. The normalized spacial score (nSPS) is 12.9. The van der Waals surface area contributed by atoms with E-state index in [1.807, 2.05) is 6.08 Å². The second-order valence-corrected chi connectivity index (χ2v) is 5.06. The molecule has 88 valence electrons. The molecule has 0 nitrogen and oxygen atoms in total. The van der Waals surface area contributed by atoms with Gasteiger partial charge in [-0.1, -0.05) is 57.9 Å². The van der Waals surface area contributed by atoms with E-state index in [4.69, 9.17) is 0 Å². The minimum absolute atomic E-state index is 0.555. The van der Waals surface area contributed by atoms with Crippen molar-refractivity contribution in [2.75, 3.05) is 0 Å². The maximum absolute atomic E-state index is 3.74. The highest BCUT2D eigenvalue weighted by atomic mass is 14.3. The SMILES string of the molecule is C=CC=C(C)CCC(C)(CCC)CCC. The Bertz CT molecular complexity index is 192. The van der Waals surface area contributed by atoms with Crippen molar-refractivity contribution in [1.29, 1.82) is 0 Å². The lowest BCUT2D eigenvalue weighted by Crippen LogP contribution is -2.15. The molecule has 0 amide bonds. The van der Waals surface area contributed by atoms with Gasteiger partial charge in [-0.2, -0.15) is 0 Å². The molecule has 0 fully saturated rings. The molecule has 0 aliphatic rings. The fourth-order valence-corrected chi connectivity index (χ4v) is 2.37. The molecular weight excluding hydrogens is 180 g/mol. The Morgan fingerprint density at radius 2 is 1.67 bits per heavy atom. The van der Waals surface area contributed by atoms with Gasteiger partial charge in [0.05, 0.1) is 0 Å². The van der Waals surface area contributed by atoms with Gasteiger partial charge in [0.1, 0.15) is 0 Å². The summed E-state index contributed by atoms with van der Waals surface area (Å²) in [6.07, 6.45) is 11.9. The van der Waals surface area contributed by atoms with Crippen molar-refractivity contribution in [2.24, 2.45) is 5.41 Å². The molecule has 0 aromatic carbocycles. The molecule has 0 N–H and O–H groups in total. The smallest absolute Gasteiger partial charge is 0.0315 e. The summed E-state index contributed by atoms with van der Waals surface area (Å²) in [6.45, 7) is 13.0. The first-order valence-electron chi connectivity index (χ1n) is 6.36. The highest BCUT2D eigenvalue weighted by molar-refractivity contribution is 5.07. The Morgan fingerprint density at radius 1 is 1.13 bits per heavy atom. The Balaban J connectivity index is 4.16. The Morgan fingerprint density at radius 3 is 2.07 bits per heavy atom. The largest absolute Gasteiger partial charge is 0.0991 e. The number of hydrogen-bond donors (Lipinski definition) is 0. The summed E-state index contributed by atoms with van der Waals surface area (Å²) in [6, 6.07) is 0. The molecular formula is C15H28. The molecule has 0 aromatic rings. The number of allylic oxidation sites excluding steroid dienone is 3. The lowest BCUT2D eigenvalue weighted by Gasteiger charge is -2.29. The highest BCUT2D eigenvalue weighted by Gasteiger charge is 2.21. The Hall–Kier alpha value is -0.520. The molecule has 0 radical (unpaired) electrons. The standard InChI is InChI=1S/C15H28/c1-6-9-14(4)10-13-15(5,11-7-2)12-8-3/h6,9H,1,7-8,10-13H2,2-5H3. The zero-order valence-electron chi connectivity index (χ0n) is 11.1. The average molecular weight is 208 g/mol. The van der Waals surface area contributed by atoms with E-state index in [1.165, 1.54) is 44.1 Å². The lowest BCUT2D eigenvalue weighted by atomic mass is 9.77. The van der Waals surface area contributed by atoms with Crippen molar-refractivity contribution in [1.82, 2.24) is 0 Å². The van der Waals surface area contributed by atoms with Crippen LogP contribution in [0.25, 0.3) is 0 Å².